The number of amides is 1. The highest BCUT2D eigenvalue weighted by Crippen LogP contribution is 2.18. The van der Waals surface area contributed by atoms with Crippen molar-refractivity contribution in [2.45, 2.75) is 66.0 Å². The molecule has 0 aromatic carbocycles. The fourth-order valence-corrected chi connectivity index (χ4v) is 2.57. The van der Waals surface area contributed by atoms with Crippen LogP contribution in [0, 0.1) is 6.92 Å². The number of nitrogens with zero attached hydrogens (tertiary/aromatic N) is 4. The molecule has 24 heavy (non-hydrogen) atoms. The molecule has 0 spiro atoms. The van der Waals surface area contributed by atoms with E-state index in [0.29, 0.717) is 29.9 Å². The van der Waals surface area contributed by atoms with Crippen molar-refractivity contribution in [1.29, 1.82) is 0 Å². The summed E-state index contributed by atoms with van der Waals surface area (Å²) in [7, 11) is 0. The number of hydrogen-bond donors (Lipinski definition) is 1. The Balaban J connectivity index is 2.23. The summed E-state index contributed by atoms with van der Waals surface area (Å²) in [6.45, 7) is 10.9. The molecule has 0 saturated heterocycles. The van der Waals surface area contributed by atoms with Crippen LogP contribution in [0.15, 0.2) is 11.0 Å². The normalized spacial score (nSPS) is 11.9. The van der Waals surface area contributed by atoms with Gasteiger partial charge in [-0.25, -0.2) is 9.67 Å². The Kier molecular flexibility index (Phi) is 5.41. The lowest BCUT2D eigenvalue weighted by Gasteiger charge is -2.20. The summed E-state index contributed by atoms with van der Waals surface area (Å²) in [6.07, 6.45) is 3.83. The van der Waals surface area contributed by atoms with E-state index >= 15 is 0 Å². The van der Waals surface area contributed by atoms with E-state index in [9.17, 15) is 9.59 Å². The number of carbonyl (C=O) groups excluding carboxylic acids is 1. The molecule has 2 heterocycles. The predicted molar refractivity (Wildman–Crippen MR) is 94.1 cm³/mol. The molecule has 0 aliphatic carbocycles. The van der Waals surface area contributed by atoms with Crippen molar-refractivity contribution in [3.63, 3.8) is 0 Å². The zero-order chi connectivity index (χ0) is 17.9. The Labute approximate surface area is 142 Å². The summed E-state index contributed by atoms with van der Waals surface area (Å²) in [6, 6.07) is 0. The van der Waals surface area contributed by atoms with Gasteiger partial charge in [0.25, 0.3) is 5.56 Å². The van der Waals surface area contributed by atoms with Gasteiger partial charge in [-0.1, -0.05) is 13.3 Å². The van der Waals surface area contributed by atoms with Gasteiger partial charge in [0.2, 0.25) is 5.91 Å². The molecule has 2 rings (SSSR count). The molecule has 0 aliphatic rings. The summed E-state index contributed by atoms with van der Waals surface area (Å²) in [5.41, 5.74) is 0.196. The second-order valence-electron chi connectivity index (χ2n) is 7.03. The molecule has 2 aromatic rings. The molecule has 7 nitrogen and oxygen atoms in total. The maximum absolute atomic E-state index is 12.7. The molecule has 1 amide bonds. The molecule has 132 valence electrons. The van der Waals surface area contributed by atoms with Crippen LogP contribution in [0.25, 0.3) is 11.0 Å². The van der Waals surface area contributed by atoms with E-state index in [0.717, 1.165) is 12.8 Å². The van der Waals surface area contributed by atoms with Gasteiger partial charge in [-0.15, -0.1) is 0 Å². The molecular formula is C17H27N5O2. The van der Waals surface area contributed by atoms with Crippen molar-refractivity contribution >= 4 is 16.9 Å². The van der Waals surface area contributed by atoms with Crippen LogP contribution in [0.2, 0.25) is 0 Å². The van der Waals surface area contributed by atoms with Crippen LogP contribution >= 0.6 is 0 Å². The van der Waals surface area contributed by atoms with Crippen LogP contribution in [0.5, 0.6) is 0 Å². The van der Waals surface area contributed by atoms with Crippen LogP contribution in [-0.2, 0) is 16.9 Å². The van der Waals surface area contributed by atoms with Crippen molar-refractivity contribution in [3.05, 3.63) is 22.4 Å². The van der Waals surface area contributed by atoms with Crippen molar-refractivity contribution < 1.29 is 4.79 Å². The number of nitrogens with one attached hydrogen (secondary N) is 1. The second kappa shape index (κ2) is 7.15. The summed E-state index contributed by atoms with van der Waals surface area (Å²) < 4.78 is 3.31. The molecule has 0 atom stereocenters. The first kappa shape index (κ1) is 18.2. The van der Waals surface area contributed by atoms with E-state index in [4.69, 9.17) is 0 Å². The molecule has 0 unspecified atom stereocenters. The topological polar surface area (TPSA) is 81.8 Å². The quantitative estimate of drug-likeness (QED) is 0.819. The third-order valence-electron chi connectivity index (χ3n) is 3.93. The Bertz CT molecular complexity index is 783. The zero-order valence-corrected chi connectivity index (χ0v) is 15.2. The third kappa shape index (κ3) is 3.83. The molecule has 0 saturated carbocycles. The number of aromatic nitrogens is 4. The van der Waals surface area contributed by atoms with E-state index in [2.05, 4.69) is 22.3 Å². The number of rotatable bonds is 6. The number of unbranched alkanes of at least 4 members (excludes halogenated alkanes) is 1. The van der Waals surface area contributed by atoms with Gasteiger partial charge >= 0.3 is 0 Å². The minimum absolute atomic E-state index is 0.0415. The standard InChI is InChI=1S/C17H27N5O2/c1-6-7-9-18-14(23)8-10-21-12(2)20-15-13(16(21)24)11-19-22(15)17(3,4)5/h11H,6-10H2,1-5H3,(H,18,23). The van der Waals surface area contributed by atoms with Gasteiger partial charge in [-0.3, -0.25) is 14.2 Å². The lowest BCUT2D eigenvalue weighted by Crippen LogP contribution is -2.30. The molecule has 7 heteroatoms. The van der Waals surface area contributed by atoms with E-state index in [1.807, 2.05) is 20.8 Å². The first-order valence-electron chi connectivity index (χ1n) is 8.48. The van der Waals surface area contributed by atoms with Crippen LogP contribution in [0.1, 0.15) is 52.8 Å². The largest absolute Gasteiger partial charge is 0.356 e. The summed E-state index contributed by atoms with van der Waals surface area (Å²) in [5.74, 6) is 0.556. The minimum atomic E-state index is -0.251. The van der Waals surface area contributed by atoms with Crippen molar-refractivity contribution in [2.24, 2.45) is 0 Å². The Morgan fingerprint density at radius 2 is 2.04 bits per heavy atom. The Morgan fingerprint density at radius 1 is 1.33 bits per heavy atom. The molecular weight excluding hydrogens is 306 g/mol. The SMILES string of the molecule is CCCCNC(=O)CCn1c(C)nc2c(cnn2C(C)(C)C)c1=O. The monoisotopic (exact) mass is 333 g/mol. The maximum Gasteiger partial charge on any atom is 0.264 e. The average Bonchev–Trinajstić information content (AvgIpc) is 2.91. The number of hydrogen-bond acceptors (Lipinski definition) is 4. The molecule has 0 bridgehead atoms. The smallest absolute Gasteiger partial charge is 0.264 e. The third-order valence-corrected chi connectivity index (χ3v) is 3.93. The van der Waals surface area contributed by atoms with Gasteiger partial charge in [-0.05, 0) is 34.1 Å². The van der Waals surface area contributed by atoms with Gasteiger partial charge in [0.15, 0.2) is 5.65 Å². The summed E-state index contributed by atoms with van der Waals surface area (Å²) in [4.78, 5) is 29.1. The molecule has 1 N–H and O–H groups in total. The zero-order valence-electron chi connectivity index (χ0n) is 15.2. The number of carbonyl (C=O) groups is 1. The molecule has 0 fully saturated rings. The van der Waals surface area contributed by atoms with Gasteiger partial charge in [0.05, 0.1) is 11.7 Å². The van der Waals surface area contributed by atoms with Crippen molar-refractivity contribution in [2.75, 3.05) is 6.54 Å². The maximum atomic E-state index is 12.7. The molecule has 0 aliphatic heterocycles. The second-order valence-corrected chi connectivity index (χ2v) is 7.03. The van der Waals surface area contributed by atoms with Gasteiger partial charge < -0.3 is 5.32 Å². The van der Waals surface area contributed by atoms with Gasteiger partial charge in [0.1, 0.15) is 11.2 Å². The van der Waals surface area contributed by atoms with E-state index < -0.39 is 0 Å². The first-order chi connectivity index (χ1) is 11.3. The van der Waals surface area contributed by atoms with Gasteiger partial charge in [0, 0.05) is 19.5 Å². The first-order valence-corrected chi connectivity index (χ1v) is 8.48. The highest BCUT2D eigenvalue weighted by atomic mass is 16.1. The van der Waals surface area contributed by atoms with Crippen LogP contribution in [0.3, 0.4) is 0 Å². The highest BCUT2D eigenvalue weighted by Gasteiger charge is 2.21. The Morgan fingerprint density at radius 3 is 2.67 bits per heavy atom. The number of aryl methyl sites for hydroxylation is 1. The predicted octanol–water partition coefficient (Wildman–Crippen LogP) is 1.96. The highest BCUT2D eigenvalue weighted by molar-refractivity contribution is 5.76. The van der Waals surface area contributed by atoms with Crippen LogP contribution < -0.4 is 10.9 Å². The molecule has 2 aromatic heterocycles. The van der Waals surface area contributed by atoms with E-state index in [-0.39, 0.29) is 23.4 Å². The fraction of sp³-hybridized carbons (Fsp3) is 0.647. The minimum Gasteiger partial charge on any atom is -0.356 e. The summed E-state index contributed by atoms with van der Waals surface area (Å²) in [5, 5.41) is 7.67. The Hall–Kier alpha value is -2.18. The van der Waals surface area contributed by atoms with Crippen molar-refractivity contribution in [1.82, 2.24) is 24.6 Å². The van der Waals surface area contributed by atoms with E-state index in [1.165, 1.54) is 0 Å². The lowest BCUT2D eigenvalue weighted by molar-refractivity contribution is -0.121. The fourth-order valence-electron chi connectivity index (χ4n) is 2.57. The lowest BCUT2D eigenvalue weighted by atomic mass is 10.1. The average molecular weight is 333 g/mol. The molecule has 0 radical (unpaired) electrons. The van der Waals surface area contributed by atoms with Crippen LogP contribution in [0.4, 0.5) is 0 Å². The van der Waals surface area contributed by atoms with Crippen molar-refractivity contribution in [3.8, 4) is 0 Å². The van der Waals surface area contributed by atoms with Gasteiger partial charge in [-0.2, -0.15) is 5.10 Å². The summed E-state index contributed by atoms with van der Waals surface area (Å²) >= 11 is 0. The van der Waals surface area contributed by atoms with E-state index in [1.54, 1.807) is 22.4 Å². The number of fused-ring (bicyclic) bond motifs is 1. The van der Waals surface area contributed by atoms with Crippen LogP contribution in [-0.4, -0.2) is 31.8 Å².